The van der Waals surface area contributed by atoms with Crippen molar-refractivity contribution >= 4 is 0 Å². The molecule has 0 bridgehead atoms. The molecule has 18 heavy (non-hydrogen) atoms. The predicted molar refractivity (Wildman–Crippen MR) is 52.9 cm³/mol. The standard InChI is InChI=1S/C9H7F3N2O4/c10-9(11,12)7-3-1-6(2-4-7)8(5-13-15)18-14(16)17/h1-4,8H,5H2. The zero-order valence-electron chi connectivity index (χ0n) is 8.76. The highest BCUT2D eigenvalue weighted by Gasteiger charge is 2.30. The fourth-order valence-corrected chi connectivity index (χ4v) is 1.26. The Morgan fingerprint density at radius 2 is 1.89 bits per heavy atom. The van der Waals surface area contributed by atoms with Gasteiger partial charge in [0, 0.05) is 0 Å². The van der Waals surface area contributed by atoms with E-state index in [1.807, 2.05) is 0 Å². The number of rotatable bonds is 5. The van der Waals surface area contributed by atoms with E-state index in [0.29, 0.717) is 0 Å². The van der Waals surface area contributed by atoms with E-state index in [9.17, 15) is 28.2 Å². The Kier molecular flexibility index (Phi) is 4.18. The lowest BCUT2D eigenvalue weighted by molar-refractivity contribution is -0.770. The fourth-order valence-electron chi connectivity index (χ4n) is 1.26. The first kappa shape index (κ1) is 13.9. The van der Waals surface area contributed by atoms with Gasteiger partial charge >= 0.3 is 6.18 Å². The van der Waals surface area contributed by atoms with Crippen LogP contribution in [-0.2, 0) is 11.0 Å². The van der Waals surface area contributed by atoms with Gasteiger partial charge in [-0.05, 0) is 17.7 Å². The maximum Gasteiger partial charge on any atom is 0.416 e. The number of nitroso groups, excluding NO2 is 1. The molecule has 1 unspecified atom stereocenters. The lowest BCUT2D eigenvalue weighted by atomic mass is 10.1. The molecule has 0 aliphatic carbocycles. The van der Waals surface area contributed by atoms with Crippen molar-refractivity contribution in [3.05, 3.63) is 50.4 Å². The van der Waals surface area contributed by atoms with Crippen LogP contribution < -0.4 is 0 Å². The summed E-state index contributed by atoms with van der Waals surface area (Å²) in [5.41, 5.74) is -0.829. The molecule has 0 N–H and O–H groups in total. The first-order valence-electron chi connectivity index (χ1n) is 4.62. The zero-order chi connectivity index (χ0) is 13.8. The van der Waals surface area contributed by atoms with Crippen LogP contribution >= 0.6 is 0 Å². The molecule has 0 fully saturated rings. The monoisotopic (exact) mass is 264 g/mol. The maximum absolute atomic E-state index is 12.3. The second-order valence-electron chi connectivity index (χ2n) is 3.25. The van der Waals surface area contributed by atoms with Gasteiger partial charge in [0.15, 0.2) is 6.10 Å². The van der Waals surface area contributed by atoms with E-state index < -0.39 is 29.5 Å². The lowest BCUT2D eigenvalue weighted by Crippen LogP contribution is -2.13. The Morgan fingerprint density at radius 1 is 1.33 bits per heavy atom. The minimum Gasteiger partial charge on any atom is -0.304 e. The fraction of sp³-hybridized carbons (Fsp3) is 0.333. The third-order valence-corrected chi connectivity index (χ3v) is 2.06. The first-order chi connectivity index (χ1) is 8.34. The van der Waals surface area contributed by atoms with E-state index in [0.717, 1.165) is 24.3 Å². The second-order valence-corrected chi connectivity index (χ2v) is 3.25. The van der Waals surface area contributed by atoms with Gasteiger partial charge in [-0.15, -0.1) is 10.1 Å². The van der Waals surface area contributed by atoms with Crippen LogP contribution in [0.4, 0.5) is 13.2 Å². The van der Waals surface area contributed by atoms with Crippen LogP contribution in [0.25, 0.3) is 0 Å². The molecule has 0 aliphatic heterocycles. The molecule has 1 atom stereocenters. The third-order valence-electron chi connectivity index (χ3n) is 2.06. The number of nitrogens with zero attached hydrogens (tertiary/aromatic N) is 2. The van der Waals surface area contributed by atoms with Crippen LogP contribution in [0.1, 0.15) is 17.2 Å². The van der Waals surface area contributed by atoms with Crippen LogP contribution in [0, 0.1) is 15.0 Å². The van der Waals surface area contributed by atoms with E-state index in [1.54, 1.807) is 0 Å². The van der Waals surface area contributed by atoms with Crippen molar-refractivity contribution in [1.29, 1.82) is 0 Å². The van der Waals surface area contributed by atoms with E-state index in [4.69, 9.17) is 0 Å². The summed E-state index contributed by atoms with van der Waals surface area (Å²) in [6.45, 7) is -0.563. The predicted octanol–water partition coefficient (Wildman–Crippen LogP) is 2.72. The molecule has 0 aromatic heterocycles. The number of hydrogen-bond acceptors (Lipinski definition) is 5. The molecule has 0 amide bonds. The Bertz CT molecular complexity index is 432. The molecular formula is C9H7F3N2O4. The van der Waals surface area contributed by atoms with E-state index in [2.05, 4.69) is 10.0 Å². The number of hydrogen-bond donors (Lipinski definition) is 0. The molecule has 1 rings (SSSR count). The Labute approximate surface area is 98.4 Å². The van der Waals surface area contributed by atoms with Gasteiger partial charge in [0.25, 0.3) is 5.09 Å². The molecule has 0 saturated carbocycles. The topological polar surface area (TPSA) is 81.8 Å². The maximum atomic E-state index is 12.3. The molecule has 1 aromatic rings. The van der Waals surface area contributed by atoms with Gasteiger partial charge < -0.3 is 4.84 Å². The number of alkyl halides is 3. The molecule has 98 valence electrons. The minimum atomic E-state index is -4.50. The van der Waals surface area contributed by atoms with Crippen molar-refractivity contribution in [3.8, 4) is 0 Å². The Morgan fingerprint density at radius 3 is 2.28 bits per heavy atom. The summed E-state index contributed by atoms with van der Waals surface area (Å²) >= 11 is 0. The van der Waals surface area contributed by atoms with Gasteiger partial charge in [0.1, 0.15) is 6.54 Å². The van der Waals surface area contributed by atoms with Gasteiger partial charge in [-0.25, -0.2) is 0 Å². The highest BCUT2D eigenvalue weighted by Crippen LogP contribution is 2.30. The average Bonchev–Trinajstić information content (AvgIpc) is 2.27. The zero-order valence-corrected chi connectivity index (χ0v) is 8.76. The van der Waals surface area contributed by atoms with Crippen LogP contribution in [0.2, 0.25) is 0 Å². The van der Waals surface area contributed by atoms with Gasteiger partial charge in [-0.1, -0.05) is 17.3 Å². The van der Waals surface area contributed by atoms with Crippen molar-refractivity contribution in [3.63, 3.8) is 0 Å². The Hall–Kier alpha value is -2.19. The van der Waals surface area contributed by atoms with Gasteiger partial charge in [-0.3, -0.25) is 0 Å². The summed E-state index contributed by atoms with van der Waals surface area (Å²) in [6.07, 6.45) is -5.80. The summed E-state index contributed by atoms with van der Waals surface area (Å²) in [5.74, 6) is 0. The molecule has 6 nitrogen and oxygen atoms in total. The highest BCUT2D eigenvalue weighted by atomic mass is 19.4. The normalized spacial score (nSPS) is 12.8. The van der Waals surface area contributed by atoms with Crippen LogP contribution in [0.3, 0.4) is 0 Å². The first-order valence-corrected chi connectivity index (χ1v) is 4.62. The molecule has 9 heteroatoms. The molecular weight excluding hydrogens is 257 g/mol. The van der Waals surface area contributed by atoms with Crippen molar-refractivity contribution < 1.29 is 23.1 Å². The highest BCUT2D eigenvalue weighted by molar-refractivity contribution is 5.26. The third kappa shape index (κ3) is 3.68. The Balaban J connectivity index is 2.93. The van der Waals surface area contributed by atoms with Gasteiger partial charge in [-0.2, -0.15) is 18.1 Å². The van der Waals surface area contributed by atoms with Gasteiger partial charge in [0.2, 0.25) is 0 Å². The largest absolute Gasteiger partial charge is 0.416 e. The molecule has 0 heterocycles. The second kappa shape index (κ2) is 5.43. The molecule has 0 saturated heterocycles. The molecule has 0 radical (unpaired) electrons. The molecule has 0 spiro atoms. The number of benzene rings is 1. The average molecular weight is 264 g/mol. The lowest BCUT2D eigenvalue weighted by Gasteiger charge is -2.13. The van der Waals surface area contributed by atoms with Crippen molar-refractivity contribution in [2.24, 2.45) is 5.18 Å². The van der Waals surface area contributed by atoms with E-state index >= 15 is 0 Å². The quantitative estimate of drug-likeness (QED) is 0.465. The molecule has 0 aliphatic rings. The van der Waals surface area contributed by atoms with E-state index in [-0.39, 0.29) is 5.56 Å². The summed E-state index contributed by atoms with van der Waals surface area (Å²) in [7, 11) is 0. The molecule has 1 aromatic carbocycles. The SMILES string of the molecule is O=NCC(O[N+](=O)[O-])c1ccc(C(F)(F)F)cc1. The van der Waals surface area contributed by atoms with Crippen LogP contribution in [0.15, 0.2) is 29.4 Å². The van der Waals surface area contributed by atoms with Crippen molar-refractivity contribution in [2.75, 3.05) is 6.54 Å². The van der Waals surface area contributed by atoms with Crippen LogP contribution in [0.5, 0.6) is 0 Å². The summed E-state index contributed by atoms with van der Waals surface area (Å²) in [6, 6.07) is 3.50. The van der Waals surface area contributed by atoms with Crippen molar-refractivity contribution in [2.45, 2.75) is 12.3 Å². The summed E-state index contributed by atoms with van der Waals surface area (Å²) in [5, 5.41) is 11.4. The van der Waals surface area contributed by atoms with Crippen molar-refractivity contribution in [1.82, 2.24) is 0 Å². The minimum absolute atomic E-state index is 0.0688. The number of halogens is 3. The van der Waals surface area contributed by atoms with Crippen LogP contribution in [-0.4, -0.2) is 11.6 Å². The van der Waals surface area contributed by atoms with E-state index in [1.165, 1.54) is 0 Å². The summed E-state index contributed by atoms with van der Waals surface area (Å²) < 4.78 is 36.8. The smallest absolute Gasteiger partial charge is 0.304 e. The summed E-state index contributed by atoms with van der Waals surface area (Å²) in [4.78, 5) is 24.4. The van der Waals surface area contributed by atoms with Gasteiger partial charge in [0.05, 0.1) is 5.56 Å².